The number of benzene rings is 1. The van der Waals surface area contributed by atoms with Crippen LogP contribution in [0.25, 0.3) is 0 Å². The third-order valence-electron chi connectivity index (χ3n) is 1.95. The summed E-state index contributed by atoms with van der Waals surface area (Å²) in [7, 11) is -4.27. The number of urea groups is 1. The van der Waals surface area contributed by atoms with Crippen LogP contribution in [0.15, 0.2) is 35.2 Å². The molecule has 9 heteroatoms. The largest absolute Gasteiger partial charge is 0.449 e. The van der Waals surface area contributed by atoms with E-state index in [1.807, 2.05) is 0 Å². The molecule has 3 N–H and O–H groups in total. The fourth-order valence-corrected chi connectivity index (χ4v) is 2.32. The van der Waals surface area contributed by atoms with Crippen molar-refractivity contribution in [3.05, 3.63) is 30.3 Å². The van der Waals surface area contributed by atoms with Gasteiger partial charge in [0.15, 0.2) is 0 Å². The second-order valence-electron chi connectivity index (χ2n) is 3.25. The molecule has 0 atom stereocenters. The van der Waals surface area contributed by atoms with Crippen molar-refractivity contribution in [2.75, 3.05) is 6.61 Å². The topological polar surface area (TPSA) is 119 Å². The van der Waals surface area contributed by atoms with Crippen molar-refractivity contribution in [2.45, 2.75) is 11.8 Å². The predicted octanol–water partition coefficient (Wildman–Crippen LogP) is 0.417. The molecule has 0 fully saturated rings. The molecule has 0 aliphatic rings. The fraction of sp³-hybridized carbons (Fsp3) is 0.200. The molecule has 0 bridgehead atoms. The van der Waals surface area contributed by atoms with Gasteiger partial charge in [0.1, 0.15) is 0 Å². The van der Waals surface area contributed by atoms with Crippen LogP contribution in [0.3, 0.4) is 0 Å². The summed E-state index contributed by atoms with van der Waals surface area (Å²) >= 11 is 0. The second kappa shape index (κ2) is 6.05. The van der Waals surface area contributed by atoms with Gasteiger partial charge in [-0.1, -0.05) is 18.2 Å². The maximum absolute atomic E-state index is 12.1. The first kappa shape index (κ1) is 14.8. The van der Waals surface area contributed by atoms with Gasteiger partial charge in [-0.25, -0.2) is 15.0 Å². The van der Waals surface area contributed by atoms with E-state index in [0.29, 0.717) is 0 Å². The van der Waals surface area contributed by atoms with E-state index in [4.69, 9.17) is 5.73 Å². The standard InChI is InChI=1S/C10H13N3O5S/c1-2-18-10(15)12-13(9(11)14)19(16,17)8-6-4-3-5-7-8/h3-7H,2H2,1H3,(H2,11,14)(H,12,15). The summed E-state index contributed by atoms with van der Waals surface area (Å²) in [6.07, 6.45) is -1.10. The SMILES string of the molecule is CCOC(=O)NN(C(N)=O)S(=O)(=O)c1ccccc1. The number of sulfonamides is 1. The van der Waals surface area contributed by atoms with Crippen molar-refractivity contribution in [3.8, 4) is 0 Å². The number of hydrazine groups is 1. The predicted molar refractivity (Wildman–Crippen MR) is 65.2 cm³/mol. The van der Waals surface area contributed by atoms with Crippen LogP contribution >= 0.6 is 0 Å². The van der Waals surface area contributed by atoms with Gasteiger partial charge < -0.3 is 10.5 Å². The highest BCUT2D eigenvalue weighted by molar-refractivity contribution is 7.89. The van der Waals surface area contributed by atoms with Crippen molar-refractivity contribution in [1.82, 2.24) is 9.84 Å². The number of carbonyl (C=O) groups is 2. The molecule has 0 unspecified atom stereocenters. The van der Waals surface area contributed by atoms with E-state index < -0.39 is 22.1 Å². The van der Waals surface area contributed by atoms with Crippen LogP contribution in [-0.4, -0.2) is 31.6 Å². The molecular weight excluding hydrogens is 274 g/mol. The van der Waals surface area contributed by atoms with Gasteiger partial charge in [-0.05, 0) is 19.1 Å². The van der Waals surface area contributed by atoms with Crippen molar-refractivity contribution < 1.29 is 22.7 Å². The zero-order valence-corrected chi connectivity index (χ0v) is 10.9. The highest BCUT2D eigenvalue weighted by Gasteiger charge is 2.29. The molecule has 104 valence electrons. The summed E-state index contributed by atoms with van der Waals surface area (Å²) in [5.74, 6) is 0. The second-order valence-corrected chi connectivity index (χ2v) is 5.04. The summed E-state index contributed by atoms with van der Waals surface area (Å²) in [5, 5.41) is 0. The Morgan fingerprint density at radius 2 is 1.89 bits per heavy atom. The van der Waals surface area contributed by atoms with Gasteiger partial charge in [0.05, 0.1) is 11.5 Å². The number of amides is 3. The van der Waals surface area contributed by atoms with Crippen LogP contribution < -0.4 is 11.2 Å². The first-order valence-electron chi connectivity index (χ1n) is 5.22. The Labute approximate surface area is 110 Å². The normalized spacial score (nSPS) is 10.6. The van der Waals surface area contributed by atoms with Crippen molar-refractivity contribution in [2.24, 2.45) is 5.73 Å². The van der Waals surface area contributed by atoms with E-state index in [9.17, 15) is 18.0 Å². The Kier molecular flexibility index (Phi) is 4.70. The van der Waals surface area contributed by atoms with Crippen LogP contribution in [0.5, 0.6) is 0 Å². The van der Waals surface area contributed by atoms with Gasteiger partial charge in [0.2, 0.25) is 0 Å². The van der Waals surface area contributed by atoms with E-state index in [1.165, 1.54) is 31.2 Å². The maximum Gasteiger partial charge on any atom is 0.427 e. The third kappa shape index (κ3) is 3.58. The van der Waals surface area contributed by atoms with Gasteiger partial charge in [-0.2, -0.15) is 8.42 Å². The first-order valence-corrected chi connectivity index (χ1v) is 6.66. The number of hydrogen-bond acceptors (Lipinski definition) is 5. The fourth-order valence-electron chi connectivity index (χ4n) is 1.18. The van der Waals surface area contributed by atoms with E-state index in [2.05, 4.69) is 4.74 Å². The summed E-state index contributed by atoms with van der Waals surface area (Å²) in [6.45, 7) is 1.55. The van der Waals surface area contributed by atoms with Crippen LogP contribution in [0.4, 0.5) is 9.59 Å². The van der Waals surface area contributed by atoms with Crippen LogP contribution in [0.2, 0.25) is 0 Å². The van der Waals surface area contributed by atoms with E-state index >= 15 is 0 Å². The number of rotatable bonds is 3. The molecule has 1 rings (SSSR count). The minimum Gasteiger partial charge on any atom is -0.449 e. The number of primary amides is 1. The zero-order chi connectivity index (χ0) is 14.5. The zero-order valence-electron chi connectivity index (χ0n) is 10.1. The van der Waals surface area contributed by atoms with Gasteiger partial charge >= 0.3 is 12.1 Å². The molecule has 0 aliphatic carbocycles. The molecule has 0 aromatic heterocycles. The Morgan fingerprint density at radius 3 is 2.37 bits per heavy atom. The van der Waals surface area contributed by atoms with E-state index in [0.717, 1.165) is 0 Å². The lowest BCUT2D eigenvalue weighted by atomic mass is 10.4. The summed E-state index contributed by atoms with van der Waals surface area (Å²) in [6, 6.07) is 5.71. The molecule has 0 saturated carbocycles. The molecule has 0 spiro atoms. The van der Waals surface area contributed by atoms with Gasteiger partial charge in [-0.3, -0.25) is 0 Å². The smallest absolute Gasteiger partial charge is 0.427 e. The Morgan fingerprint density at radius 1 is 1.32 bits per heavy atom. The molecular formula is C10H13N3O5S. The van der Waals surface area contributed by atoms with Crippen molar-refractivity contribution in [3.63, 3.8) is 0 Å². The Hall–Kier alpha value is -2.29. The number of hydrogen-bond donors (Lipinski definition) is 2. The molecule has 19 heavy (non-hydrogen) atoms. The molecule has 8 nitrogen and oxygen atoms in total. The summed E-state index contributed by atoms with van der Waals surface area (Å²) < 4.78 is 28.7. The lowest BCUT2D eigenvalue weighted by Gasteiger charge is -2.20. The maximum atomic E-state index is 12.1. The van der Waals surface area contributed by atoms with Gasteiger partial charge in [0.25, 0.3) is 10.0 Å². The molecule has 0 radical (unpaired) electrons. The Bertz CT molecular complexity index is 558. The van der Waals surface area contributed by atoms with Crippen molar-refractivity contribution in [1.29, 1.82) is 0 Å². The third-order valence-corrected chi connectivity index (χ3v) is 3.57. The lowest BCUT2D eigenvalue weighted by molar-refractivity contribution is 0.135. The monoisotopic (exact) mass is 287 g/mol. The number of nitrogens with two attached hydrogens (primary N) is 1. The minimum absolute atomic E-state index is 0.0177. The lowest BCUT2D eigenvalue weighted by Crippen LogP contribution is -2.52. The minimum atomic E-state index is -4.27. The highest BCUT2D eigenvalue weighted by atomic mass is 32.2. The molecule has 0 heterocycles. The van der Waals surface area contributed by atoms with Gasteiger partial charge in [-0.15, -0.1) is 4.41 Å². The summed E-state index contributed by atoms with van der Waals surface area (Å²) in [5.41, 5.74) is 6.71. The highest BCUT2D eigenvalue weighted by Crippen LogP contribution is 2.13. The average Bonchev–Trinajstić information content (AvgIpc) is 2.37. The number of carbonyl (C=O) groups excluding carboxylic acids is 2. The van der Waals surface area contributed by atoms with Crippen molar-refractivity contribution >= 4 is 22.1 Å². The van der Waals surface area contributed by atoms with Gasteiger partial charge in [0, 0.05) is 0 Å². The Balaban J connectivity index is 3.06. The van der Waals surface area contributed by atoms with Crippen LogP contribution in [0.1, 0.15) is 6.92 Å². The summed E-state index contributed by atoms with van der Waals surface area (Å²) in [4.78, 5) is 22.2. The van der Waals surface area contributed by atoms with Crippen LogP contribution in [0, 0.1) is 0 Å². The molecule has 0 aliphatic heterocycles. The van der Waals surface area contributed by atoms with E-state index in [-0.39, 0.29) is 15.9 Å². The number of nitrogens with one attached hydrogen (secondary N) is 1. The molecule has 1 aromatic carbocycles. The molecule has 3 amide bonds. The van der Waals surface area contributed by atoms with E-state index in [1.54, 1.807) is 11.5 Å². The average molecular weight is 287 g/mol. The quantitative estimate of drug-likeness (QED) is 0.781. The first-order chi connectivity index (χ1) is 8.89. The molecule has 0 saturated heterocycles. The number of nitrogens with zero attached hydrogens (tertiary/aromatic N) is 1. The van der Waals surface area contributed by atoms with Crippen LogP contribution in [-0.2, 0) is 14.8 Å². The number of ether oxygens (including phenoxy) is 1. The molecule has 1 aromatic rings.